The first-order chi connectivity index (χ1) is 12.7. The number of phenols is 1. The first-order valence-electron chi connectivity index (χ1n) is 8.01. The molecule has 0 unspecified atom stereocenters. The number of rotatable bonds is 1. The third-order valence-corrected chi connectivity index (χ3v) is 4.68. The second-order valence-corrected chi connectivity index (χ2v) is 6.13. The summed E-state index contributed by atoms with van der Waals surface area (Å²) in [6.07, 6.45) is 0. The van der Waals surface area contributed by atoms with Crippen molar-refractivity contribution < 1.29 is 14.7 Å². The van der Waals surface area contributed by atoms with Crippen LogP contribution in [0.15, 0.2) is 59.8 Å². The van der Waals surface area contributed by atoms with Crippen molar-refractivity contribution in [2.75, 3.05) is 0 Å². The van der Waals surface area contributed by atoms with Gasteiger partial charge >= 0.3 is 0 Å². The Kier molecular flexibility index (Phi) is 2.91. The number of aromatic amines is 1. The van der Waals surface area contributed by atoms with Crippen LogP contribution >= 0.6 is 0 Å². The summed E-state index contributed by atoms with van der Waals surface area (Å²) >= 11 is 0. The number of halogens is 1. The molecule has 0 bridgehead atoms. The molecule has 0 saturated heterocycles. The molecule has 0 atom stereocenters. The van der Waals surface area contributed by atoms with Crippen LogP contribution in [0.3, 0.4) is 0 Å². The molecule has 0 fully saturated rings. The number of aromatic hydroxyl groups is 1. The normalized spacial score (nSPS) is 14.0. The Hall–Kier alpha value is -3.67. The summed E-state index contributed by atoms with van der Waals surface area (Å²) in [5.41, 5.74) is 5.79. The minimum absolute atomic E-state index is 0.436. The molecule has 0 radical (unpaired) electrons. The van der Waals surface area contributed by atoms with Gasteiger partial charge in [-0.15, -0.1) is 0 Å². The van der Waals surface area contributed by atoms with Crippen LogP contribution in [0.25, 0.3) is 33.5 Å². The standard InChI is InChI=1S/C20H12FN3O2/c21-14-8-15-16(9-17(14)25)23-20(22-15)13-7-3-6-12-18(13)10-4-1-2-5-11(10)19(12)24-26/h1-9,25-26H,(H,22,23). The smallest absolute Gasteiger partial charge is 0.167 e. The summed E-state index contributed by atoms with van der Waals surface area (Å²) in [6.45, 7) is 0. The minimum atomic E-state index is -0.703. The summed E-state index contributed by atoms with van der Waals surface area (Å²) in [6, 6.07) is 15.8. The van der Waals surface area contributed by atoms with Crippen molar-refractivity contribution in [3.63, 3.8) is 0 Å². The Morgan fingerprint density at radius 1 is 0.923 bits per heavy atom. The number of benzene rings is 3. The van der Waals surface area contributed by atoms with Gasteiger partial charge in [-0.25, -0.2) is 9.37 Å². The monoisotopic (exact) mass is 345 g/mol. The second kappa shape index (κ2) is 5.16. The second-order valence-electron chi connectivity index (χ2n) is 6.13. The van der Waals surface area contributed by atoms with Crippen molar-refractivity contribution >= 4 is 16.7 Å². The lowest BCUT2D eigenvalue weighted by Gasteiger charge is -2.06. The van der Waals surface area contributed by atoms with Gasteiger partial charge in [0, 0.05) is 34.4 Å². The van der Waals surface area contributed by atoms with E-state index in [0.717, 1.165) is 27.8 Å². The number of aromatic nitrogens is 2. The third kappa shape index (κ3) is 1.89. The largest absolute Gasteiger partial charge is 0.505 e. The maximum Gasteiger partial charge on any atom is 0.167 e. The number of imidazole rings is 1. The highest BCUT2D eigenvalue weighted by Gasteiger charge is 2.28. The lowest BCUT2D eigenvalue weighted by atomic mass is 9.99. The van der Waals surface area contributed by atoms with Gasteiger partial charge in [-0.3, -0.25) is 0 Å². The highest BCUT2D eigenvalue weighted by molar-refractivity contribution is 6.26. The molecule has 0 amide bonds. The molecule has 1 heterocycles. The fourth-order valence-electron chi connectivity index (χ4n) is 3.54. The van der Waals surface area contributed by atoms with Crippen LogP contribution < -0.4 is 0 Å². The lowest BCUT2D eigenvalue weighted by Crippen LogP contribution is -1.97. The zero-order valence-electron chi connectivity index (χ0n) is 13.4. The van der Waals surface area contributed by atoms with E-state index >= 15 is 0 Å². The number of H-pyrrole nitrogens is 1. The molecule has 126 valence electrons. The van der Waals surface area contributed by atoms with Gasteiger partial charge in [0.1, 0.15) is 11.5 Å². The minimum Gasteiger partial charge on any atom is -0.505 e. The molecule has 6 heteroatoms. The van der Waals surface area contributed by atoms with E-state index in [0.29, 0.717) is 22.6 Å². The maximum atomic E-state index is 13.6. The van der Waals surface area contributed by atoms with Gasteiger partial charge in [0.25, 0.3) is 0 Å². The predicted molar refractivity (Wildman–Crippen MR) is 96.0 cm³/mol. The van der Waals surface area contributed by atoms with E-state index in [1.165, 1.54) is 12.1 Å². The Balaban J connectivity index is 1.81. The van der Waals surface area contributed by atoms with Crippen molar-refractivity contribution in [1.29, 1.82) is 0 Å². The number of fused-ring (bicyclic) bond motifs is 4. The molecule has 26 heavy (non-hydrogen) atoms. The van der Waals surface area contributed by atoms with E-state index in [9.17, 15) is 14.7 Å². The first kappa shape index (κ1) is 14.7. The summed E-state index contributed by atoms with van der Waals surface area (Å²) in [5.74, 6) is -0.587. The van der Waals surface area contributed by atoms with Crippen molar-refractivity contribution in [2.24, 2.45) is 5.16 Å². The number of phenolic OH excluding ortho intramolecular Hbond substituents is 1. The van der Waals surface area contributed by atoms with Gasteiger partial charge in [0.05, 0.1) is 11.0 Å². The van der Waals surface area contributed by atoms with E-state index in [4.69, 9.17) is 0 Å². The molecule has 0 aliphatic heterocycles. The summed E-state index contributed by atoms with van der Waals surface area (Å²) in [4.78, 5) is 7.61. The van der Waals surface area contributed by atoms with Gasteiger partial charge in [-0.2, -0.15) is 0 Å². The maximum absolute atomic E-state index is 13.6. The first-order valence-corrected chi connectivity index (χ1v) is 8.01. The molecular formula is C20H12FN3O2. The summed E-state index contributed by atoms with van der Waals surface area (Å²) in [5, 5.41) is 22.5. The van der Waals surface area contributed by atoms with E-state index in [2.05, 4.69) is 15.1 Å². The van der Waals surface area contributed by atoms with E-state index in [-0.39, 0.29) is 0 Å². The van der Waals surface area contributed by atoms with Crippen molar-refractivity contribution in [1.82, 2.24) is 9.97 Å². The highest BCUT2D eigenvalue weighted by Crippen LogP contribution is 2.42. The molecular weight excluding hydrogens is 333 g/mol. The van der Waals surface area contributed by atoms with Gasteiger partial charge < -0.3 is 15.3 Å². The Bertz CT molecular complexity index is 1190. The Labute approximate surface area is 147 Å². The summed E-state index contributed by atoms with van der Waals surface area (Å²) < 4.78 is 13.6. The molecule has 5 nitrogen and oxygen atoms in total. The van der Waals surface area contributed by atoms with Crippen LogP contribution in [0.1, 0.15) is 11.1 Å². The summed E-state index contributed by atoms with van der Waals surface area (Å²) in [7, 11) is 0. The third-order valence-electron chi connectivity index (χ3n) is 4.68. The van der Waals surface area contributed by atoms with Crippen LogP contribution in [0, 0.1) is 5.82 Å². The molecule has 1 aliphatic carbocycles. The van der Waals surface area contributed by atoms with E-state index < -0.39 is 11.6 Å². The molecule has 5 rings (SSSR count). The fraction of sp³-hybridized carbons (Fsp3) is 0. The number of nitrogens with zero attached hydrogens (tertiary/aromatic N) is 2. The zero-order valence-corrected chi connectivity index (χ0v) is 13.4. The number of nitrogens with one attached hydrogen (secondary N) is 1. The van der Waals surface area contributed by atoms with Crippen LogP contribution in [0.2, 0.25) is 0 Å². The number of hydrogen-bond acceptors (Lipinski definition) is 4. The topological polar surface area (TPSA) is 81.5 Å². The molecule has 1 aromatic heterocycles. The van der Waals surface area contributed by atoms with Crippen molar-refractivity contribution in [2.45, 2.75) is 0 Å². The molecule has 4 aromatic rings. The fourth-order valence-corrected chi connectivity index (χ4v) is 3.54. The van der Waals surface area contributed by atoms with Crippen LogP contribution in [-0.4, -0.2) is 26.0 Å². The molecule has 0 saturated carbocycles. The predicted octanol–water partition coefficient (Wildman–Crippen LogP) is 4.28. The zero-order chi connectivity index (χ0) is 17.8. The van der Waals surface area contributed by atoms with Gasteiger partial charge in [-0.05, 0) is 5.56 Å². The molecule has 3 aromatic carbocycles. The average Bonchev–Trinajstić information content (AvgIpc) is 3.20. The average molecular weight is 345 g/mol. The molecule has 0 spiro atoms. The van der Waals surface area contributed by atoms with Gasteiger partial charge in [0.15, 0.2) is 11.6 Å². The highest BCUT2D eigenvalue weighted by atomic mass is 19.1. The molecule has 1 aliphatic rings. The van der Waals surface area contributed by atoms with Crippen LogP contribution in [0.4, 0.5) is 4.39 Å². The van der Waals surface area contributed by atoms with Gasteiger partial charge in [-0.1, -0.05) is 47.6 Å². The quantitative estimate of drug-likeness (QED) is 0.313. The van der Waals surface area contributed by atoms with E-state index in [1.807, 2.05) is 42.5 Å². The Morgan fingerprint density at radius 2 is 1.65 bits per heavy atom. The van der Waals surface area contributed by atoms with Crippen molar-refractivity contribution in [3.05, 3.63) is 71.5 Å². The van der Waals surface area contributed by atoms with Crippen LogP contribution in [0.5, 0.6) is 5.75 Å². The lowest BCUT2D eigenvalue weighted by molar-refractivity contribution is 0.320. The van der Waals surface area contributed by atoms with Crippen LogP contribution in [-0.2, 0) is 0 Å². The number of hydrogen-bond donors (Lipinski definition) is 3. The van der Waals surface area contributed by atoms with Crippen molar-refractivity contribution in [3.8, 4) is 28.3 Å². The Morgan fingerprint density at radius 3 is 2.46 bits per heavy atom. The van der Waals surface area contributed by atoms with E-state index in [1.54, 1.807) is 0 Å². The molecule has 3 N–H and O–H groups in total. The SMILES string of the molecule is ON=C1c2ccccc2-c2c1cccc2-c1nc2cc(O)c(F)cc2[nH]1. The number of oxime groups is 1. The van der Waals surface area contributed by atoms with Gasteiger partial charge in [0.2, 0.25) is 0 Å².